The van der Waals surface area contributed by atoms with Crippen molar-refractivity contribution in [3.8, 4) is 0 Å². The van der Waals surface area contributed by atoms with Crippen molar-refractivity contribution in [3.63, 3.8) is 0 Å². The fraction of sp³-hybridized carbons (Fsp3) is 0.556. The molecule has 0 aromatic carbocycles. The van der Waals surface area contributed by atoms with Gasteiger partial charge < -0.3 is 14.6 Å². The zero-order valence-corrected chi connectivity index (χ0v) is 8.49. The number of hydrogen-bond donors (Lipinski definition) is 1. The molecule has 0 saturated heterocycles. The Morgan fingerprint density at radius 2 is 2.50 bits per heavy atom. The van der Waals surface area contributed by atoms with Crippen LogP contribution in [0.1, 0.15) is 12.6 Å². The summed E-state index contributed by atoms with van der Waals surface area (Å²) < 4.78 is 6.52. The molecule has 0 fully saturated rings. The second kappa shape index (κ2) is 5.39. The minimum atomic E-state index is -0.257. The van der Waals surface area contributed by atoms with E-state index in [9.17, 15) is 4.79 Å². The fourth-order valence-corrected chi connectivity index (χ4v) is 1.14. The molecule has 0 spiro atoms. The number of methoxy groups -OCH3 is 1. The Kier molecular flexibility index (Phi) is 4.12. The number of aromatic nitrogens is 2. The van der Waals surface area contributed by atoms with Gasteiger partial charge in [-0.3, -0.25) is 4.79 Å². The van der Waals surface area contributed by atoms with Crippen LogP contribution in [0.3, 0.4) is 0 Å². The SMILES string of the molecule is CCn1cncc1CNCC(=O)OC. The molecule has 0 atom stereocenters. The van der Waals surface area contributed by atoms with Crippen molar-refractivity contribution < 1.29 is 9.53 Å². The summed E-state index contributed by atoms with van der Waals surface area (Å²) in [4.78, 5) is 14.8. The number of esters is 1. The number of carbonyl (C=O) groups excluding carboxylic acids is 1. The molecule has 1 N–H and O–H groups in total. The van der Waals surface area contributed by atoms with Crippen LogP contribution >= 0.6 is 0 Å². The van der Waals surface area contributed by atoms with Gasteiger partial charge in [0.15, 0.2) is 0 Å². The Morgan fingerprint density at radius 3 is 3.14 bits per heavy atom. The van der Waals surface area contributed by atoms with Crippen LogP contribution in [0.5, 0.6) is 0 Å². The first kappa shape index (κ1) is 10.7. The van der Waals surface area contributed by atoms with Crippen molar-refractivity contribution in [3.05, 3.63) is 18.2 Å². The zero-order chi connectivity index (χ0) is 10.4. The molecule has 0 unspecified atom stereocenters. The largest absolute Gasteiger partial charge is 0.468 e. The summed E-state index contributed by atoms with van der Waals surface area (Å²) in [5.74, 6) is -0.257. The minimum absolute atomic E-state index is 0.228. The number of nitrogens with one attached hydrogen (secondary N) is 1. The van der Waals surface area contributed by atoms with Crippen molar-refractivity contribution in [1.82, 2.24) is 14.9 Å². The highest BCUT2D eigenvalue weighted by molar-refractivity contribution is 5.71. The van der Waals surface area contributed by atoms with Crippen LogP contribution in [0.25, 0.3) is 0 Å². The van der Waals surface area contributed by atoms with E-state index in [1.54, 1.807) is 12.5 Å². The van der Waals surface area contributed by atoms with Gasteiger partial charge in [0, 0.05) is 19.3 Å². The summed E-state index contributed by atoms with van der Waals surface area (Å²) in [6, 6.07) is 0. The second-order valence-corrected chi connectivity index (χ2v) is 2.85. The number of imidazole rings is 1. The molecular weight excluding hydrogens is 182 g/mol. The topological polar surface area (TPSA) is 56.2 Å². The van der Waals surface area contributed by atoms with Gasteiger partial charge in [0.1, 0.15) is 0 Å². The van der Waals surface area contributed by atoms with E-state index >= 15 is 0 Å². The van der Waals surface area contributed by atoms with Crippen LogP contribution < -0.4 is 5.32 Å². The molecular formula is C9H15N3O2. The highest BCUT2D eigenvalue weighted by Gasteiger charge is 2.02. The second-order valence-electron chi connectivity index (χ2n) is 2.85. The Labute approximate surface area is 83.1 Å². The van der Waals surface area contributed by atoms with Gasteiger partial charge in [-0.25, -0.2) is 4.98 Å². The zero-order valence-electron chi connectivity index (χ0n) is 8.49. The molecule has 5 heteroatoms. The maximum atomic E-state index is 10.8. The maximum Gasteiger partial charge on any atom is 0.319 e. The summed E-state index contributed by atoms with van der Waals surface area (Å²) in [5.41, 5.74) is 1.07. The molecule has 1 aromatic rings. The average molecular weight is 197 g/mol. The van der Waals surface area contributed by atoms with Gasteiger partial charge in [0.05, 0.1) is 25.7 Å². The Balaban J connectivity index is 2.34. The molecule has 1 rings (SSSR count). The Morgan fingerprint density at radius 1 is 1.71 bits per heavy atom. The van der Waals surface area contributed by atoms with E-state index in [0.717, 1.165) is 12.2 Å². The smallest absolute Gasteiger partial charge is 0.319 e. The summed E-state index contributed by atoms with van der Waals surface area (Å²) >= 11 is 0. The number of nitrogens with zero attached hydrogens (tertiary/aromatic N) is 2. The van der Waals surface area contributed by atoms with Gasteiger partial charge in [0.2, 0.25) is 0 Å². The highest BCUT2D eigenvalue weighted by atomic mass is 16.5. The number of hydrogen-bond acceptors (Lipinski definition) is 4. The molecule has 0 saturated carbocycles. The van der Waals surface area contributed by atoms with Crippen LogP contribution in [0.4, 0.5) is 0 Å². The minimum Gasteiger partial charge on any atom is -0.468 e. The van der Waals surface area contributed by atoms with E-state index < -0.39 is 0 Å². The van der Waals surface area contributed by atoms with Crippen molar-refractivity contribution in [2.45, 2.75) is 20.0 Å². The van der Waals surface area contributed by atoms with Gasteiger partial charge >= 0.3 is 5.97 Å². The lowest BCUT2D eigenvalue weighted by molar-refractivity contribution is -0.139. The first-order valence-corrected chi connectivity index (χ1v) is 4.54. The van der Waals surface area contributed by atoms with E-state index in [4.69, 9.17) is 0 Å². The number of rotatable bonds is 5. The van der Waals surface area contributed by atoms with Crippen LogP contribution in [0.15, 0.2) is 12.5 Å². The van der Waals surface area contributed by atoms with Crippen molar-refractivity contribution >= 4 is 5.97 Å². The predicted octanol–water partition coefficient (Wildman–Crippen LogP) is 0.166. The maximum absolute atomic E-state index is 10.8. The molecule has 0 radical (unpaired) electrons. The van der Waals surface area contributed by atoms with E-state index in [1.807, 2.05) is 11.5 Å². The molecule has 0 bridgehead atoms. The molecule has 1 heterocycles. The van der Waals surface area contributed by atoms with Gasteiger partial charge in [-0.05, 0) is 6.92 Å². The summed E-state index contributed by atoms with van der Waals surface area (Å²) in [6.45, 7) is 3.79. The summed E-state index contributed by atoms with van der Waals surface area (Å²) in [6.07, 6.45) is 3.56. The van der Waals surface area contributed by atoms with Gasteiger partial charge in [-0.15, -0.1) is 0 Å². The third-order valence-electron chi connectivity index (χ3n) is 1.94. The molecule has 14 heavy (non-hydrogen) atoms. The number of carbonyl (C=O) groups is 1. The number of ether oxygens (including phenoxy) is 1. The van der Waals surface area contributed by atoms with Crippen molar-refractivity contribution in [2.24, 2.45) is 0 Å². The third kappa shape index (κ3) is 2.85. The lowest BCUT2D eigenvalue weighted by Crippen LogP contribution is -2.24. The van der Waals surface area contributed by atoms with Gasteiger partial charge in [0.25, 0.3) is 0 Å². The van der Waals surface area contributed by atoms with Crippen LogP contribution in [-0.2, 0) is 22.6 Å². The van der Waals surface area contributed by atoms with E-state index in [1.165, 1.54) is 7.11 Å². The standard InChI is InChI=1S/C9H15N3O2/c1-3-12-7-11-5-8(12)4-10-6-9(13)14-2/h5,7,10H,3-4,6H2,1-2H3. The first-order chi connectivity index (χ1) is 6.77. The Hall–Kier alpha value is -1.36. The molecule has 0 amide bonds. The molecule has 0 aliphatic rings. The quantitative estimate of drug-likeness (QED) is 0.683. The van der Waals surface area contributed by atoms with Gasteiger partial charge in [-0.1, -0.05) is 0 Å². The summed E-state index contributed by atoms with van der Waals surface area (Å²) in [7, 11) is 1.38. The Bertz CT molecular complexity index is 296. The highest BCUT2D eigenvalue weighted by Crippen LogP contribution is 1.97. The van der Waals surface area contributed by atoms with Crippen molar-refractivity contribution in [1.29, 1.82) is 0 Å². The number of aryl methyl sites for hydroxylation is 1. The molecule has 5 nitrogen and oxygen atoms in total. The average Bonchev–Trinajstić information content (AvgIpc) is 2.65. The molecule has 0 aliphatic carbocycles. The summed E-state index contributed by atoms with van der Waals surface area (Å²) in [5, 5.41) is 2.98. The van der Waals surface area contributed by atoms with E-state index in [2.05, 4.69) is 15.0 Å². The molecule has 0 aliphatic heterocycles. The van der Waals surface area contributed by atoms with Crippen molar-refractivity contribution in [2.75, 3.05) is 13.7 Å². The lowest BCUT2D eigenvalue weighted by atomic mass is 10.4. The normalized spacial score (nSPS) is 10.1. The predicted molar refractivity (Wildman–Crippen MR) is 51.6 cm³/mol. The van der Waals surface area contributed by atoms with E-state index in [0.29, 0.717) is 6.54 Å². The van der Waals surface area contributed by atoms with Crippen LogP contribution in [0, 0.1) is 0 Å². The van der Waals surface area contributed by atoms with E-state index in [-0.39, 0.29) is 12.5 Å². The van der Waals surface area contributed by atoms with Crippen LogP contribution in [-0.4, -0.2) is 29.2 Å². The molecule has 78 valence electrons. The third-order valence-corrected chi connectivity index (χ3v) is 1.94. The fourth-order valence-electron chi connectivity index (χ4n) is 1.14. The molecule has 1 aromatic heterocycles. The lowest BCUT2D eigenvalue weighted by Gasteiger charge is -2.05. The first-order valence-electron chi connectivity index (χ1n) is 4.54. The van der Waals surface area contributed by atoms with Crippen LogP contribution in [0.2, 0.25) is 0 Å². The van der Waals surface area contributed by atoms with Gasteiger partial charge in [-0.2, -0.15) is 0 Å². The monoisotopic (exact) mass is 197 g/mol.